The number of rotatable bonds is 9. The van der Waals surface area contributed by atoms with Crippen molar-refractivity contribution in [2.75, 3.05) is 32.7 Å². The lowest BCUT2D eigenvalue weighted by atomic mass is 9.95. The molecular weight excluding hydrogens is 453 g/mol. The number of carbonyl (C=O) groups excluding carboxylic acids is 2. The molecule has 3 rings (SSSR count). The molecule has 1 aromatic rings. The second-order valence-corrected chi connectivity index (χ2v) is 8.50. The summed E-state index contributed by atoms with van der Waals surface area (Å²) < 4.78 is 20.2. The van der Waals surface area contributed by atoms with Gasteiger partial charge in [0.15, 0.2) is 0 Å². The number of allylic oxidation sites excluding steroid dienone is 3. The number of aliphatic imine (C=N–C) groups is 1. The van der Waals surface area contributed by atoms with Crippen molar-refractivity contribution in [2.24, 2.45) is 21.8 Å². The molecule has 11 heteroatoms. The Bertz CT molecular complexity index is 1060. The molecule has 2 aliphatic rings. The zero-order valence-electron chi connectivity index (χ0n) is 20.1. The van der Waals surface area contributed by atoms with Crippen molar-refractivity contribution in [3.63, 3.8) is 0 Å². The van der Waals surface area contributed by atoms with Crippen LogP contribution in [-0.4, -0.2) is 72.5 Å². The molecule has 0 bridgehead atoms. The Balaban J connectivity index is 1.52. The predicted octanol–water partition coefficient (Wildman–Crippen LogP) is 1.78. The molecule has 1 atom stereocenters. The fraction of sp³-hybridized carbons (Fsp3) is 0.417. The number of esters is 1. The third-order valence-electron chi connectivity index (χ3n) is 6.34. The van der Waals surface area contributed by atoms with Crippen LogP contribution in [0.4, 0.5) is 4.39 Å². The highest BCUT2D eigenvalue weighted by atomic mass is 19.1. The van der Waals surface area contributed by atoms with Gasteiger partial charge >= 0.3 is 5.97 Å². The van der Waals surface area contributed by atoms with E-state index in [0.29, 0.717) is 48.7 Å². The average molecular weight is 486 g/mol. The number of halogens is 1. The molecule has 0 radical (unpaired) electrons. The summed E-state index contributed by atoms with van der Waals surface area (Å²) >= 11 is 0. The summed E-state index contributed by atoms with van der Waals surface area (Å²) in [5, 5.41) is 4.59. The number of hydrogen-bond acceptors (Lipinski definition) is 8. The number of hydrazone groups is 1. The molecule has 1 saturated heterocycles. The number of piperazine rings is 1. The van der Waals surface area contributed by atoms with E-state index in [1.54, 1.807) is 36.1 Å². The number of amides is 1. The maximum Gasteiger partial charge on any atom is 0.338 e. The second-order valence-electron chi connectivity index (χ2n) is 8.50. The van der Waals surface area contributed by atoms with E-state index in [2.05, 4.69) is 16.8 Å². The smallest absolute Gasteiger partial charge is 0.338 e. The van der Waals surface area contributed by atoms with E-state index in [0.717, 1.165) is 11.1 Å². The van der Waals surface area contributed by atoms with E-state index in [1.807, 2.05) is 11.8 Å². The quantitative estimate of drug-likeness (QED) is 0.136. The van der Waals surface area contributed by atoms with Crippen LogP contribution in [0.5, 0.6) is 0 Å². The molecule has 4 N–H and O–H groups in total. The maximum absolute atomic E-state index is 15.2. The van der Waals surface area contributed by atoms with E-state index >= 15 is 4.39 Å². The van der Waals surface area contributed by atoms with Gasteiger partial charge in [-0.3, -0.25) is 19.7 Å². The standard InChI is InChI=1S/C24H32FN7O3/c1-16(32(27)15-29-26)4-5-18(28-3)12-23(33)31-10-8-30(9-11-31)13-22(25)19-6-7-20-21(17(19)2)14-35-24(20)34/h4-7,15,22H,3,8-14,26-27H2,1-2H3/b16-4+,18-5-,29-15-. The molecule has 1 fully saturated rings. The van der Waals surface area contributed by atoms with Crippen LogP contribution in [-0.2, 0) is 16.1 Å². The van der Waals surface area contributed by atoms with Crippen molar-refractivity contribution in [3.05, 3.63) is 57.9 Å². The minimum Gasteiger partial charge on any atom is -0.457 e. The van der Waals surface area contributed by atoms with E-state index in [4.69, 9.17) is 16.4 Å². The monoisotopic (exact) mass is 485 g/mol. The first-order valence-electron chi connectivity index (χ1n) is 11.3. The van der Waals surface area contributed by atoms with Crippen molar-refractivity contribution in [1.82, 2.24) is 14.8 Å². The third kappa shape index (κ3) is 6.31. The molecule has 0 aliphatic carbocycles. The van der Waals surface area contributed by atoms with Gasteiger partial charge in [0.1, 0.15) is 19.1 Å². The summed E-state index contributed by atoms with van der Waals surface area (Å²) in [6, 6.07) is 3.31. The van der Waals surface area contributed by atoms with Crippen LogP contribution in [0.25, 0.3) is 0 Å². The number of hydrazine groups is 1. The summed E-state index contributed by atoms with van der Waals surface area (Å²) in [6.45, 7) is 9.68. The molecule has 2 aliphatic heterocycles. The Morgan fingerprint density at radius 1 is 1.31 bits per heavy atom. The Labute approximate surface area is 204 Å². The Hall–Kier alpha value is -3.57. The first-order chi connectivity index (χ1) is 16.7. The molecule has 2 heterocycles. The van der Waals surface area contributed by atoms with E-state index in [9.17, 15) is 9.59 Å². The predicted molar refractivity (Wildman–Crippen MR) is 132 cm³/mol. The van der Waals surface area contributed by atoms with Gasteiger partial charge in [-0.2, -0.15) is 5.10 Å². The number of nitrogens with two attached hydrogens (primary N) is 2. The number of alkyl halides is 1. The van der Waals surface area contributed by atoms with Gasteiger partial charge < -0.3 is 15.5 Å². The Kier molecular flexibility index (Phi) is 8.72. The van der Waals surface area contributed by atoms with Crippen LogP contribution in [0.3, 0.4) is 0 Å². The molecule has 1 unspecified atom stereocenters. The highest BCUT2D eigenvalue weighted by Crippen LogP contribution is 2.31. The maximum atomic E-state index is 15.2. The lowest BCUT2D eigenvalue weighted by molar-refractivity contribution is -0.132. The average Bonchev–Trinajstić information content (AvgIpc) is 3.23. The van der Waals surface area contributed by atoms with Crippen LogP contribution in [0.1, 0.15) is 46.6 Å². The van der Waals surface area contributed by atoms with Crippen LogP contribution < -0.4 is 11.7 Å². The molecule has 35 heavy (non-hydrogen) atoms. The number of ether oxygens (including phenoxy) is 1. The van der Waals surface area contributed by atoms with Crippen molar-refractivity contribution in [1.29, 1.82) is 0 Å². The lowest BCUT2D eigenvalue weighted by Crippen LogP contribution is -2.49. The Morgan fingerprint density at radius 3 is 2.69 bits per heavy atom. The summed E-state index contributed by atoms with van der Waals surface area (Å²) in [4.78, 5) is 32.2. The molecule has 188 valence electrons. The van der Waals surface area contributed by atoms with Crippen LogP contribution in [0, 0.1) is 6.92 Å². The van der Waals surface area contributed by atoms with Gasteiger partial charge in [0, 0.05) is 49.7 Å². The van der Waals surface area contributed by atoms with Gasteiger partial charge in [-0.15, -0.1) is 0 Å². The van der Waals surface area contributed by atoms with Crippen LogP contribution in [0.2, 0.25) is 0 Å². The minimum atomic E-state index is -1.20. The highest BCUT2D eigenvalue weighted by molar-refractivity contribution is 5.94. The summed E-state index contributed by atoms with van der Waals surface area (Å²) in [5.74, 6) is 10.4. The number of fused-ring (bicyclic) bond motifs is 1. The molecule has 1 amide bonds. The number of hydrogen-bond donors (Lipinski definition) is 2. The van der Waals surface area contributed by atoms with Crippen molar-refractivity contribution < 1.29 is 18.7 Å². The summed E-state index contributed by atoms with van der Waals surface area (Å²) in [5.41, 5.74) is 3.78. The minimum absolute atomic E-state index is 0.0709. The summed E-state index contributed by atoms with van der Waals surface area (Å²) in [7, 11) is 0. The van der Waals surface area contributed by atoms with Crippen molar-refractivity contribution >= 4 is 24.9 Å². The van der Waals surface area contributed by atoms with Gasteiger partial charge in [0.2, 0.25) is 5.91 Å². The zero-order valence-corrected chi connectivity index (χ0v) is 20.1. The van der Waals surface area contributed by atoms with Gasteiger partial charge in [0.05, 0.1) is 12.0 Å². The number of carbonyl (C=O) groups is 2. The molecular formula is C24H32FN7O3. The first kappa shape index (κ1) is 26.0. The molecule has 10 nitrogen and oxygen atoms in total. The lowest BCUT2D eigenvalue weighted by Gasteiger charge is -2.35. The van der Waals surface area contributed by atoms with Crippen LogP contribution in [0.15, 0.2) is 45.8 Å². The largest absolute Gasteiger partial charge is 0.457 e. The van der Waals surface area contributed by atoms with E-state index in [-0.39, 0.29) is 31.4 Å². The highest BCUT2D eigenvalue weighted by Gasteiger charge is 2.28. The van der Waals surface area contributed by atoms with Gasteiger partial charge in [-0.25, -0.2) is 15.0 Å². The topological polar surface area (TPSA) is 130 Å². The van der Waals surface area contributed by atoms with Crippen molar-refractivity contribution in [3.8, 4) is 0 Å². The SMILES string of the molecule is C=N/C(=C\C=C(/C)N(N)/C=N\N)CC(=O)N1CCN(CC(F)c2ccc3c(c2C)COC3=O)CC1. The molecule has 0 spiro atoms. The molecule has 0 saturated carbocycles. The number of nitrogens with zero attached hydrogens (tertiary/aromatic N) is 5. The Morgan fingerprint density at radius 2 is 2.03 bits per heavy atom. The fourth-order valence-corrected chi connectivity index (χ4v) is 4.11. The normalized spacial score (nSPS) is 17.9. The first-order valence-corrected chi connectivity index (χ1v) is 11.3. The van der Waals surface area contributed by atoms with Crippen molar-refractivity contribution in [2.45, 2.75) is 33.0 Å². The fourth-order valence-electron chi connectivity index (χ4n) is 4.11. The summed E-state index contributed by atoms with van der Waals surface area (Å²) in [6.07, 6.45) is 3.53. The van der Waals surface area contributed by atoms with Gasteiger partial charge in [0.25, 0.3) is 0 Å². The zero-order chi connectivity index (χ0) is 25.5. The van der Waals surface area contributed by atoms with Crippen LogP contribution >= 0.6 is 0 Å². The molecule has 1 aromatic carbocycles. The van der Waals surface area contributed by atoms with E-state index in [1.165, 1.54) is 11.3 Å². The second kappa shape index (κ2) is 11.7. The third-order valence-corrected chi connectivity index (χ3v) is 6.34. The number of benzene rings is 1. The molecule has 0 aromatic heterocycles. The van der Waals surface area contributed by atoms with E-state index < -0.39 is 6.17 Å². The van der Waals surface area contributed by atoms with Gasteiger partial charge in [-0.05, 0) is 49.9 Å². The van der Waals surface area contributed by atoms with Gasteiger partial charge in [-0.1, -0.05) is 6.07 Å². The number of cyclic esters (lactones) is 1.